The van der Waals surface area contributed by atoms with Crippen molar-refractivity contribution in [3.63, 3.8) is 0 Å². The summed E-state index contributed by atoms with van der Waals surface area (Å²) in [6.07, 6.45) is 3.54. The summed E-state index contributed by atoms with van der Waals surface area (Å²) < 4.78 is 12.6. The molecule has 208 valence electrons. The van der Waals surface area contributed by atoms with Gasteiger partial charge in [-0.05, 0) is 102 Å². The van der Waals surface area contributed by atoms with Crippen LogP contribution in [0.15, 0.2) is 64.4 Å². The maximum Gasteiger partial charge on any atom is 0.294 e. The Labute approximate surface area is 264 Å². The van der Waals surface area contributed by atoms with Crippen molar-refractivity contribution in [2.75, 3.05) is 24.7 Å². The van der Waals surface area contributed by atoms with E-state index in [-0.39, 0.29) is 18.1 Å². The van der Waals surface area contributed by atoms with E-state index in [1.165, 1.54) is 0 Å². The molecular weight excluding hydrogens is 706 g/mol. The molecule has 3 aromatic rings. The van der Waals surface area contributed by atoms with Crippen LogP contribution >= 0.6 is 69.3 Å². The maximum absolute atomic E-state index is 13.0. The Morgan fingerprint density at radius 2 is 1.93 bits per heavy atom. The molecule has 1 N–H and O–H groups in total. The SMILES string of the molecule is CCOc1cc(/C=C2/SC(=O)N(CC(=O)Nc3cccc(SC)c3)C2=O)cc(I)c1OCc1ccc(Cl)cc1Cl. The maximum atomic E-state index is 13.0. The number of anilines is 1. The number of imide groups is 1. The molecule has 1 aliphatic rings. The number of carbonyl (C=O) groups excluding carboxylic acids is 3. The number of carbonyl (C=O) groups is 3. The minimum Gasteiger partial charge on any atom is -0.490 e. The zero-order valence-electron chi connectivity index (χ0n) is 21.3. The van der Waals surface area contributed by atoms with Crippen LogP contribution in [0.2, 0.25) is 10.0 Å². The molecule has 0 unspecified atom stereocenters. The van der Waals surface area contributed by atoms with Crippen molar-refractivity contribution >= 4 is 98.1 Å². The van der Waals surface area contributed by atoms with Gasteiger partial charge in [-0.15, -0.1) is 11.8 Å². The third kappa shape index (κ3) is 7.67. The first kappa shape index (κ1) is 30.6. The molecule has 1 fully saturated rings. The van der Waals surface area contributed by atoms with Crippen LogP contribution in [0, 0.1) is 3.57 Å². The molecule has 0 bridgehead atoms. The Morgan fingerprint density at radius 1 is 1.12 bits per heavy atom. The number of ether oxygens (including phenoxy) is 2. The first-order valence-electron chi connectivity index (χ1n) is 11.9. The molecule has 4 rings (SSSR count). The van der Waals surface area contributed by atoms with Crippen LogP contribution in [0.25, 0.3) is 6.08 Å². The molecule has 0 spiro atoms. The second-order valence-corrected chi connectivity index (χ2v) is 12.2. The average Bonchev–Trinajstić information content (AvgIpc) is 3.16. The second-order valence-electron chi connectivity index (χ2n) is 8.34. The molecule has 1 saturated heterocycles. The normalized spacial score (nSPS) is 14.1. The first-order valence-corrected chi connectivity index (χ1v) is 15.8. The highest BCUT2D eigenvalue weighted by molar-refractivity contribution is 14.1. The van der Waals surface area contributed by atoms with Gasteiger partial charge < -0.3 is 14.8 Å². The Morgan fingerprint density at radius 3 is 2.65 bits per heavy atom. The minimum atomic E-state index is -0.534. The largest absolute Gasteiger partial charge is 0.490 e. The predicted octanol–water partition coefficient (Wildman–Crippen LogP) is 7.97. The lowest BCUT2D eigenvalue weighted by atomic mass is 10.1. The zero-order chi connectivity index (χ0) is 28.8. The summed E-state index contributed by atoms with van der Waals surface area (Å²) >= 11 is 16.7. The van der Waals surface area contributed by atoms with Crippen LogP contribution in [0.1, 0.15) is 18.1 Å². The van der Waals surface area contributed by atoms with E-state index in [9.17, 15) is 14.4 Å². The number of nitrogens with zero attached hydrogens (tertiary/aromatic N) is 1. The lowest BCUT2D eigenvalue weighted by Crippen LogP contribution is -2.36. The van der Waals surface area contributed by atoms with Gasteiger partial charge in [-0.3, -0.25) is 19.3 Å². The smallest absolute Gasteiger partial charge is 0.294 e. The second kappa shape index (κ2) is 14.0. The van der Waals surface area contributed by atoms with E-state index in [1.807, 2.05) is 37.4 Å². The number of hydrogen-bond acceptors (Lipinski definition) is 7. The van der Waals surface area contributed by atoms with Crippen molar-refractivity contribution < 1.29 is 23.9 Å². The lowest BCUT2D eigenvalue weighted by molar-refractivity contribution is -0.127. The fourth-order valence-corrected chi connectivity index (χ4v) is 6.24. The summed E-state index contributed by atoms with van der Waals surface area (Å²) in [6, 6.07) is 16.1. The Hall–Kier alpha value is -2.38. The van der Waals surface area contributed by atoms with Gasteiger partial charge in [-0.2, -0.15) is 0 Å². The molecule has 0 atom stereocenters. The highest BCUT2D eigenvalue weighted by atomic mass is 127. The molecular formula is C28H23Cl2IN2O5S2. The van der Waals surface area contributed by atoms with Crippen LogP contribution in [0.3, 0.4) is 0 Å². The van der Waals surface area contributed by atoms with Crippen molar-refractivity contribution in [2.24, 2.45) is 0 Å². The number of amides is 3. The molecule has 40 heavy (non-hydrogen) atoms. The monoisotopic (exact) mass is 728 g/mol. The van der Waals surface area contributed by atoms with Crippen molar-refractivity contribution in [3.05, 3.63) is 84.2 Å². The molecule has 1 heterocycles. The summed E-state index contributed by atoms with van der Waals surface area (Å²) in [6.45, 7) is 2.07. The fraction of sp³-hybridized carbons (Fsp3) is 0.179. The Kier molecular flexibility index (Phi) is 10.7. The predicted molar refractivity (Wildman–Crippen MR) is 171 cm³/mol. The van der Waals surface area contributed by atoms with Gasteiger partial charge in [0.1, 0.15) is 13.2 Å². The van der Waals surface area contributed by atoms with E-state index in [0.717, 1.165) is 30.7 Å². The summed E-state index contributed by atoms with van der Waals surface area (Å²) in [5.41, 5.74) is 2.01. The van der Waals surface area contributed by atoms with Crippen LogP contribution in [0.4, 0.5) is 10.5 Å². The topological polar surface area (TPSA) is 84.9 Å². The Bertz CT molecular complexity index is 1500. The lowest BCUT2D eigenvalue weighted by Gasteiger charge is -2.15. The van der Waals surface area contributed by atoms with E-state index in [0.29, 0.717) is 39.4 Å². The summed E-state index contributed by atoms with van der Waals surface area (Å²) in [4.78, 5) is 40.4. The van der Waals surface area contributed by atoms with Gasteiger partial charge >= 0.3 is 0 Å². The molecule has 0 radical (unpaired) electrons. The van der Waals surface area contributed by atoms with E-state index in [1.54, 1.807) is 48.2 Å². The van der Waals surface area contributed by atoms with Crippen LogP contribution < -0.4 is 14.8 Å². The molecule has 1 aliphatic heterocycles. The first-order chi connectivity index (χ1) is 19.2. The van der Waals surface area contributed by atoms with E-state index >= 15 is 0 Å². The van der Waals surface area contributed by atoms with Crippen LogP contribution in [-0.2, 0) is 16.2 Å². The third-order valence-electron chi connectivity index (χ3n) is 5.55. The third-order valence-corrected chi connectivity index (χ3v) is 8.57. The van der Waals surface area contributed by atoms with Gasteiger partial charge in [0, 0.05) is 26.2 Å². The van der Waals surface area contributed by atoms with E-state index in [2.05, 4.69) is 27.9 Å². The molecule has 0 saturated carbocycles. The van der Waals surface area contributed by atoms with Crippen molar-refractivity contribution in [1.29, 1.82) is 0 Å². The van der Waals surface area contributed by atoms with Crippen LogP contribution in [-0.4, -0.2) is 41.4 Å². The van der Waals surface area contributed by atoms with Gasteiger partial charge in [0.05, 0.1) is 15.1 Å². The number of rotatable bonds is 10. The minimum absolute atomic E-state index is 0.202. The molecule has 0 aliphatic carbocycles. The van der Waals surface area contributed by atoms with Gasteiger partial charge in [-0.25, -0.2) is 0 Å². The van der Waals surface area contributed by atoms with Gasteiger partial charge in [0.2, 0.25) is 5.91 Å². The quantitative estimate of drug-likeness (QED) is 0.129. The van der Waals surface area contributed by atoms with Gasteiger partial charge in [0.15, 0.2) is 11.5 Å². The van der Waals surface area contributed by atoms with Gasteiger partial charge in [-0.1, -0.05) is 35.3 Å². The standard InChI is InChI=1S/C28H23Cl2IN2O5S2/c1-3-37-23-10-16(9-22(31)26(23)38-15-17-7-8-18(29)12-21(17)30)11-24-27(35)33(28(36)40-24)14-25(34)32-19-5-4-6-20(13-19)39-2/h4-13H,3,14-15H2,1-2H3,(H,32,34)/b24-11+. The molecule has 3 aromatic carbocycles. The van der Waals surface area contributed by atoms with Crippen LogP contribution in [0.5, 0.6) is 11.5 Å². The summed E-state index contributed by atoms with van der Waals surface area (Å²) in [7, 11) is 0. The fourth-order valence-electron chi connectivity index (χ4n) is 3.70. The summed E-state index contributed by atoms with van der Waals surface area (Å²) in [5, 5.41) is 3.26. The molecule has 7 nitrogen and oxygen atoms in total. The number of nitrogens with one attached hydrogen (secondary N) is 1. The highest BCUT2D eigenvalue weighted by Crippen LogP contribution is 2.38. The van der Waals surface area contributed by atoms with E-state index in [4.69, 9.17) is 32.7 Å². The number of halogens is 3. The van der Waals surface area contributed by atoms with Gasteiger partial charge in [0.25, 0.3) is 11.1 Å². The van der Waals surface area contributed by atoms with Crippen molar-refractivity contribution in [3.8, 4) is 11.5 Å². The average molecular weight is 729 g/mol. The number of hydrogen-bond donors (Lipinski definition) is 1. The number of thioether (sulfide) groups is 2. The molecule has 3 amide bonds. The van der Waals surface area contributed by atoms with Crippen molar-refractivity contribution in [2.45, 2.75) is 18.4 Å². The number of benzene rings is 3. The molecule has 0 aromatic heterocycles. The summed E-state index contributed by atoms with van der Waals surface area (Å²) in [5.74, 6) is 0.0173. The highest BCUT2D eigenvalue weighted by Gasteiger charge is 2.36. The molecule has 12 heteroatoms. The Balaban J connectivity index is 1.49. The zero-order valence-corrected chi connectivity index (χ0v) is 26.6. The van der Waals surface area contributed by atoms with Crippen molar-refractivity contribution in [1.82, 2.24) is 4.90 Å². The van der Waals surface area contributed by atoms with E-state index < -0.39 is 17.1 Å².